The van der Waals surface area contributed by atoms with Gasteiger partial charge in [-0.05, 0) is 24.3 Å². The molecule has 0 amide bonds. The largest absolute Gasteiger partial charge is 0.453 e. The Kier molecular flexibility index (Phi) is 4.56. The lowest BCUT2D eigenvalue weighted by atomic mass is 10.0. The van der Waals surface area contributed by atoms with Crippen LogP contribution in [0, 0.1) is 22.8 Å². The molecule has 5 heteroatoms. The summed E-state index contributed by atoms with van der Waals surface area (Å²) >= 11 is 6.11. The third kappa shape index (κ3) is 3.68. The van der Waals surface area contributed by atoms with Gasteiger partial charge in [0.25, 0.3) is 0 Å². The lowest BCUT2D eigenvalue weighted by Crippen LogP contribution is -2.16. The highest BCUT2D eigenvalue weighted by Gasteiger charge is 2.14. The van der Waals surface area contributed by atoms with Crippen molar-refractivity contribution in [2.24, 2.45) is 0 Å². The second-order valence-corrected chi connectivity index (χ2v) is 11.0. The zero-order valence-electron chi connectivity index (χ0n) is 12.5. The first-order valence-corrected chi connectivity index (χ1v) is 10.5. The molecule has 2 rings (SSSR count). The van der Waals surface area contributed by atoms with Gasteiger partial charge in [-0.25, -0.2) is 0 Å². The summed E-state index contributed by atoms with van der Waals surface area (Å²) in [6.07, 6.45) is 0.641. The molecule has 0 atom stereocenters. The smallest absolute Gasteiger partial charge is 0.185 e. The average Bonchev–Trinajstić information content (AvgIpc) is 2.93. The van der Waals surface area contributed by atoms with Crippen molar-refractivity contribution in [3.63, 3.8) is 0 Å². The number of benzene rings is 1. The minimum Gasteiger partial charge on any atom is -0.453 e. The summed E-state index contributed by atoms with van der Waals surface area (Å²) in [5, 5.41) is 9.46. The summed E-state index contributed by atoms with van der Waals surface area (Å²) in [4.78, 5) is 10.8. The summed E-state index contributed by atoms with van der Waals surface area (Å²) in [5.74, 6) is 3.88. The Morgan fingerprint density at radius 1 is 1.23 bits per heavy atom. The predicted octanol–water partition coefficient (Wildman–Crippen LogP) is 4.51. The number of furan rings is 1. The van der Waals surface area contributed by atoms with Gasteiger partial charge in [-0.2, -0.15) is 5.26 Å². The summed E-state index contributed by atoms with van der Waals surface area (Å²) < 4.78 is 5.45. The molecule has 22 heavy (non-hydrogen) atoms. The molecule has 0 bridgehead atoms. The quantitative estimate of drug-likeness (QED) is 0.463. The van der Waals surface area contributed by atoms with Crippen LogP contribution in [0.4, 0.5) is 0 Å². The lowest BCUT2D eigenvalue weighted by Gasteiger charge is -2.07. The highest BCUT2D eigenvalue weighted by Crippen LogP contribution is 2.30. The zero-order chi connectivity index (χ0) is 16.3. The zero-order valence-corrected chi connectivity index (χ0v) is 14.3. The van der Waals surface area contributed by atoms with E-state index in [-0.39, 0.29) is 5.76 Å². The van der Waals surface area contributed by atoms with Crippen molar-refractivity contribution in [2.45, 2.75) is 19.6 Å². The van der Waals surface area contributed by atoms with Crippen LogP contribution in [-0.2, 0) is 0 Å². The third-order valence-electron chi connectivity index (χ3n) is 2.81. The van der Waals surface area contributed by atoms with E-state index >= 15 is 0 Å². The van der Waals surface area contributed by atoms with Gasteiger partial charge in [-0.1, -0.05) is 37.2 Å². The SMILES string of the molecule is C[Si](C)(C)C#Cc1cc(C#N)c(Cl)cc1-c1ccc(C=O)o1. The average molecular weight is 328 g/mol. The van der Waals surface area contributed by atoms with Crippen LogP contribution in [0.25, 0.3) is 11.3 Å². The van der Waals surface area contributed by atoms with E-state index in [9.17, 15) is 4.79 Å². The van der Waals surface area contributed by atoms with Crippen LogP contribution in [0.5, 0.6) is 0 Å². The minimum absolute atomic E-state index is 0.236. The number of halogens is 1. The number of hydrogen-bond acceptors (Lipinski definition) is 3. The Hall–Kier alpha value is -2.27. The summed E-state index contributed by atoms with van der Waals surface area (Å²) in [6, 6.07) is 8.65. The molecule has 3 nitrogen and oxygen atoms in total. The van der Waals surface area contributed by atoms with Crippen LogP contribution >= 0.6 is 11.6 Å². The fourth-order valence-corrected chi connectivity index (χ4v) is 2.50. The molecule has 0 aliphatic carbocycles. The molecule has 110 valence electrons. The molecule has 0 fully saturated rings. The maximum atomic E-state index is 10.8. The molecule has 1 heterocycles. The fraction of sp³-hybridized carbons (Fsp3) is 0.176. The highest BCUT2D eigenvalue weighted by molar-refractivity contribution is 6.83. The molecule has 0 radical (unpaired) electrons. The monoisotopic (exact) mass is 327 g/mol. The number of nitrogens with zero attached hydrogens (tertiary/aromatic N) is 1. The van der Waals surface area contributed by atoms with Crippen molar-refractivity contribution >= 4 is 26.0 Å². The Labute approximate surface area is 135 Å². The summed E-state index contributed by atoms with van der Waals surface area (Å²) in [7, 11) is -1.57. The van der Waals surface area contributed by atoms with Gasteiger partial charge in [0.15, 0.2) is 12.0 Å². The Balaban J connectivity index is 2.65. The molecule has 0 aliphatic heterocycles. The van der Waals surface area contributed by atoms with Crippen molar-refractivity contribution in [2.75, 3.05) is 0 Å². The van der Waals surface area contributed by atoms with Gasteiger partial charge in [0.2, 0.25) is 0 Å². The van der Waals surface area contributed by atoms with E-state index in [1.54, 1.807) is 24.3 Å². The van der Waals surface area contributed by atoms with Crippen LogP contribution in [-0.4, -0.2) is 14.4 Å². The van der Waals surface area contributed by atoms with Gasteiger partial charge < -0.3 is 4.42 Å². The van der Waals surface area contributed by atoms with E-state index in [2.05, 4.69) is 37.2 Å². The highest BCUT2D eigenvalue weighted by atomic mass is 35.5. The fourth-order valence-electron chi connectivity index (χ4n) is 1.78. The predicted molar refractivity (Wildman–Crippen MR) is 89.5 cm³/mol. The molecule has 0 N–H and O–H groups in total. The molecule has 1 aromatic heterocycles. The van der Waals surface area contributed by atoms with Crippen molar-refractivity contribution in [3.05, 3.63) is 46.2 Å². The maximum Gasteiger partial charge on any atom is 0.185 e. The van der Waals surface area contributed by atoms with Crippen LogP contribution in [0.2, 0.25) is 24.7 Å². The molecule has 0 spiro atoms. The number of carbonyl (C=O) groups is 1. The van der Waals surface area contributed by atoms with Gasteiger partial charge >= 0.3 is 0 Å². The van der Waals surface area contributed by atoms with E-state index in [4.69, 9.17) is 21.3 Å². The van der Waals surface area contributed by atoms with Gasteiger partial charge in [0.1, 0.15) is 19.9 Å². The first-order valence-electron chi connectivity index (χ1n) is 6.66. The first kappa shape index (κ1) is 16.1. The van der Waals surface area contributed by atoms with Crippen molar-refractivity contribution < 1.29 is 9.21 Å². The molecule has 1 aromatic carbocycles. The van der Waals surface area contributed by atoms with Crippen molar-refractivity contribution in [3.8, 4) is 28.9 Å². The standard InChI is InChI=1S/C17H14ClNO2Si/c1-22(2,3)7-6-12-8-13(10-19)16(18)9-15(12)17-5-4-14(11-20)21-17/h4-5,8-9,11H,1-3H3. The maximum absolute atomic E-state index is 10.8. The molecular weight excluding hydrogens is 314 g/mol. The third-order valence-corrected chi connectivity index (χ3v) is 4.00. The van der Waals surface area contributed by atoms with Crippen LogP contribution in [0.1, 0.15) is 21.7 Å². The molecule has 2 aromatic rings. The van der Waals surface area contributed by atoms with Gasteiger partial charge in [0.05, 0.1) is 10.6 Å². The Morgan fingerprint density at radius 2 is 1.95 bits per heavy atom. The Morgan fingerprint density at radius 3 is 2.50 bits per heavy atom. The van der Waals surface area contributed by atoms with Gasteiger partial charge in [-0.3, -0.25) is 4.79 Å². The number of aldehydes is 1. The summed E-state index contributed by atoms with van der Waals surface area (Å²) in [6.45, 7) is 6.41. The second-order valence-electron chi connectivity index (χ2n) is 5.81. The van der Waals surface area contributed by atoms with Crippen LogP contribution < -0.4 is 0 Å². The van der Waals surface area contributed by atoms with E-state index in [0.717, 1.165) is 0 Å². The normalized spacial score (nSPS) is 10.5. The lowest BCUT2D eigenvalue weighted by molar-refractivity contribution is 0.110. The molecule has 0 aliphatic rings. The molecule has 0 saturated heterocycles. The van der Waals surface area contributed by atoms with Crippen molar-refractivity contribution in [1.29, 1.82) is 5.26 Å². The van der Waals surface area contributed by atoms with Gasteiger partial charge in [0, 0.05) is 11.1 Å². The number of carbonyl (C=O) groups excluding carboxylic acids is 1. The molecular formula is C17H14ClNO2Si. The van der Waals surface area contributed by atoms with Gasteiger partial charge in [-0.15, -0.1) is 5.54 Å². The minimum atomic E-state index is -1.57. The topological polar surface area (TPSA) is 54.0 Å². The van der Waals surface area contributed by atoms with E-state index in [1.807, 2.05) is 0 Å². The molecule has 0 unspecified atom stereocenters. The summed E-state index contributed by atoms with van der Waals surface area (Å²) in [5.41, 5.74) is 4.99. The molecule has 0 saturated carbocycles. The first-order chi connectivity index (χ1) is 10.3. The number of rotatable bonds is 2. The van der Waals surface area contributed by atoms with Crippen LogP contribution in [0.15, 0.2) is 28.7 Å². The van der Waals surface area contributed by atoms with Crippen LogP contribution in [0.3, 0.4) is 0 Å². The number of nitriles is 1. The van der Waals surface area contributed by atoms with E-state index in [0.29, 0.717) is 33.8 Å². The van der Waals surface area contributed by atoms with E-state index in [1.165, 1.54) is 0 Å². The van der Waals surface area contributed by atoms with Crippen molar-refractivity contribution in [1.82, 2.24) is 0 Å². The Bertz CT molecular complexity index is 829. The number of hydrogen-bond donors (Lipinski definition) is 0. The second kappa shape index (κ2) is 6.23. The van der Waals surface area contributed by atoms with E-state index < -0.39 is 8.07 Å².